The zero-order valence-electron chi connectivity index (χ0n) is 43.0. The van der Waals surface area contributed by atoms with Crippen LogP contribution in [-0.2, 0) is 56.8 Å². The molecule has 8 aliphatic rings. The molecule has 27 heteroatoms. The van der Waals surface area contributed by atoms with Crippen LogP contribution in [0, 0.1) is 23.7 Å². The van der Waals surface area contributed by atoms with Gasteiger partial charge in [-0.1, -0.05) is 73.8 Å². The van der Waals surface area contributed by atoms with Gasteiger partial charge in [0.25, 0.3) is 0 Å². The number of amides is 2. The van der Waals surface area contributed by atoms with E-state index >= 15 is 0 Å². The summed E-state index contributed by atoms with van der Waals surface area (Å²) >= 11 is 9.56. The number of carbonyl (C=O) groups excluding carboxylic acids is 6. The summed E-state index contributed by atoms with van der Waals surface area (Å²) in [4.78, 5) is 90.1. The third kappa shape index (κ3) is 13.1. The lowest BCUT2D eigenvalue weighted by Gasteiger charge is -2.46. The van der Waals surface area contributed by atoms with Gasteiger partial charge in [-0.3, -0.25) is 34.1 Å². The van der Waals surface area contributed by atoms with Gasteiger partial charge in [-0.05, 0) is 38.1 Å². The Morgan fingerprint density at radius 1 is 0.688 bits per heavy atom. The van der Waals surface area contributed by atoms with Gasteiger partial charge in [0.05, 0.1) is 49.2 Å². The summed E-state index contributed by atoms with van der Waals surface area (Å²) < 4.78 is 50.6. The Morgan fingerprint density at radius 3 is 1.56 bits per heavy atom. The second-order valence-electron chi connectivity index (χ2n) is 18.9. The normalized spacial score (nSPS) is 25.2. The average Bonchev–Trinajstić information content (AvgIpc) is 4.32. The number of ether oxygens (including phenoxy) is 4. The Bertz CT molecular complexity index is 2700. The number of thioether (sulfide) groups is 3. The molecule has 8 atom stereocenters. The number of aliphatic hydroxyl groups is 2. The first-order valence-corrected chi connectivity index (χ1v) is 29.7. The van der Waals surface area contributed by atoms with Gasteiger partial charge in [-0.25, -0.2) is 9.59 Å². The summed E-state index contributed by atoms with van der Waals surface area (Å²) in [6.07, 6.45) is -1.80. The predicted molar refractivity (Wildman–Crippen MR) is 289 cm³/mol. The zero-order chi connectivity index (χ0) is 55.3. The molecule has 0 radical (unpaired) electrons. The van der Waals surface area contributed by atoms with Gasteiger partial charge >= 0.3 is 31.7 Å². The number of aliphatic hydroxyl groups excluding tert-OH is 2. The van der Waals surface area contributed by atoms with Crippen molar-refractivity contribution in [1.82, 2.24) is 19.6 Å². The number of amidine groups is 2. The number of nitrogens with zero attached hydrogens (tertiary/aromatic N) is 6. The summed E-state index contributed by atoms with van der Waals surface area (Å²) in [7, 11) is -4.51. The van der Waals surface area contributed by atoms with Crippen LogP contribution in [0.4, 0.5) is 0 Å². The molecule has 4 fully saturated rings. The number of carbonyl (C=O) groups is 6. The molecule has 0 aromatic heterocycles. The highest BCUT2D eigenvalue weighted by Gasteiger charge is 2.63. The number of aliphatic imine (C=N–C) groups is 2. The molecule has 0 unspecified atom stereocenters. The monoisotopic (exact) mass is 1160 g/mol. The van der Waals surface area contributed by atoms with Gasteiger partial charge in [0.15, 0.2) is 16.0 Å². The number of phosphoric acid groups is 1. The van der Waals surface area contributed by atoms with E-state index in [0.29, 0.717) is 5.25 Å². The number of esters is 4. The molecule has 416 valence electrons. The first-order valence-electron chi connectivity index (χ1n) is 24.9. The molecule has 2 amide bonds. The number of para-hydroxylation sites is 2. The van der Waals surface area contributed by atoms with Crippen molar-refractivity contribution in [3.63, 3.8) is 0 Å². The first-order chi connectivity index (χ1) is 36.8. The lowest BCUT2D eigenvalue weighted by molar-refractivity contribution is -0.171. The third-order valence-corrected chi connectivity index (χ3v) is 18.5. The molecule has 0 aliphatic carbocycles. The van der Waals surface area contributed by atoms with Gasteiger partial charge in [0.2, 0.25) is 25.4 Å². The van der Waals surface area contributed by atoms with Crippen LogP contribution in [0.3, 0.4) is 0 Å². The second kappa shape index (κ2) is 25.2. The van der Waals surface area contributed by atoms with Crippen LogP contribution in [0.1, 0.15) is 41.5 Å². The van der Waals surface area contributed by atoms with Crippen molar-refractivity contribution in [1.29, 1.82) is 0 Å². The molecular weight excluding hydrogens is 1100 g/mol. The van der Waals surface area contributed by atoms with E-state index in [1.165, 1.54) is 29.7 Å². The Hall–Kier alpha value is -5.37. The summed E-state index contributed by atoms with van der Waals surface area (Å²) in [5.41, 5.74) is -0.113. The maximum atomic E-state index is 14.0. The van der Waals surface area contributed by atoms with E-state index in [4.69, 9.17) is 27.8 Å². The molecule has 2 aromatic carbocycles. The summed E-state index contributed by atoms with van der Waals surface area (Å²) in [5, 5.41) is 23.4. The molecule has 0 bridgehead atoms. The Kier molecular flexibility index (Phi) is 18.9. The van der Waals surface area contributed by atoms with E-state index in [-0.39, 0.29) is 51.8 Å². The number of hydrogen-bond donors (Lipinski definition) is 3. The molecule has 2 N–H and O–H groups in total. The van der Waals surface area contributed by atoms with Crippen molar-refractivity contribution in [3.05, 3.63) is 82.7 Å². The number of thiol groups is 1. The second-order valence-corrected chi connectivity index (χ2v) is 24.5. The van der Waals surface area contributed by atoms with Crippen molar-refractivity contribution in [2.24, 2.45) is 33.7 Å². The average molecular weight is 1160 g/mol. The lowest BCUT2D eigenvalue weighted by Crippen LogP contribution is -2.63. The maximum Gasteiger partial charge on any atom is 0.646 e. The van der Waals surface area contributed by atoms with Crippen LogP contribution in [0.15, 0.2) is 92.7 Å². The number of benzene rings is 2. The smallest absolute Gasteiger partial charge is 0.428 e. The molecule has 4 saturated heterocycles. The number of β-lactam (4-membered cyclic amide) rings is 2. The fraction of sp³-hybridized carbons (Fsp3) is 0.520. The van der Waals surface area contributed by atoms with Crippen LogP contribution in [0.25, 0.3) is 0 Å². The van der Waals surface area contributed by atoms with Crippen molar-refractivity contribution < 1.29 is 76.1 Å². The highest BCUT2D eigenvalue weighted by Crippen LogP contribution is 2.57. The third-order valence-electron chi connectivity index (χ3n) is 13.3. The minimum Gasteiger partial charge on any atom is -0.428 e. The standard InChI is InChI=1S/C25H26NO10P.C19H25N3O6S2.C6H10N2S2/c1-15-21-20(16(2)27)24(29)26(21)22(25(30)33-14-32-17(3)28)23(15)36-37(31,34-18-10-6-4-7-11-18)35-19-12-8-5-9-13-19;1-9-14-13(10(2)23)17(25)22(14)15(18(26)28-8-27-11(3)24)16(9)30-12-6-21(7-12)19-20-4-5-29-19;9-5-3-8(4-5)6-7-1-2-10-6/h4-13,15-16,20-21,27H,14H2,1-3H3;9-10,12-14,23H,4-8H2,1-3H3;5,9H,1-4H2/t15-,16-,20-,21-;9-,10-,13-,14-;/m11./s1. The number of fused-ring (bicyclic) bond motifs is 2. The SMILES string of the molecule is CC(=O)OCOC(=O)C1=C(OP(=O)(Oc2ccccc2)Oc2ccccc2)[C@H](C)[C@@H]2[C@@H]([C@@H](C)O)C(=O)N12.CC(=O)OCOC(=O)C1=C(SC2CN(C3=NCCS3)C2)[C@H](C)[C@@H]2[C@@H]([C@@H](C)O)C(=O)N12.SC1CN(C2=NCCS2)C1. The van der Waals surface area contributed by atoms with E-state index in [2.05, 4.69) is 37.2 Å². The number of hydrogen-bond acceptors (Lipinski definition) is 24. The highest BCUT2D eigenvalue weighted by molar-refractivity contribution is 8.14. The largest absolute Gasteiger partial charge is 0.646 e. The Balaban J connectivity index is 0.000000174. The molecule has 10 rings (SSSR count). The predicted octanol–water partition coefficient (Wildman–Crippen LogP) is 4.74. The zero-order valence-corrected chi connectivity index (χ0v) is 47.3. The van der Waals surface area contributed by atoms with E-state index in [1.807, 2.05) is 18.7 Å². The van der Waals surface area contributed by atoms with Crippen molar-refractivity contribution >= 4 is 102 Å². The molecule has 8 aliphatic heterocycles. The van der Waals surface area contributed by atoms with Gasteiger partial charge < -0.3 is 57.4 Å². The van der Waals surface area contributed by atoms with Crippen molar-refractivity contribution in [2.45, 2.75) is 76.3 Å². The fourth-order valence-electron chi connectivity index (χ4n) is 9.66. The van der Waals surface area contributed by atoms with E-state index < -0.39 is 87.2 Å². The molecule has 8 heterocycles. The summed E-state index contributed by atoms with van der Waals surface area (Å²) in [6.45, 7) is 13.6. The number of phosphoric ester groups is 1. The van der Waals surface area contributed by atoms with E-state index in [1.54, 1.807) is 98.0 Å². The fourth-order valence-corrected chi connectivity index (χ4v) is 14.7. The van der Waals surface area contributed by atoms with E-state index in [0.717, 1.165) is 66.9 Å². The minimum atomic E-state index is -4.51. The van der Waals surface area contributed by atoms with Gasteiger partial charge in [0.1, 0.15) is 23.0 Å². The van der Waals surface area contributed by atoms with Crippen molar-refractivity contribution in [2.75, 3.05) is 64.4 Å². The molecule has 0 saturated carbocycles. The van der Waals surface area contributed by atoms with Crippen LogP contribution in [-0.4, -0.2) is 175 Å². The number of rotatable bonds is 16. The summed E-state index contributed by atoms with van der Waals surface area (Å²) in [5.74, 6) is -3.55. The van der Waals surface area contributed by atoms with Gasteiger partial charge in [0, 0.05) is 78.8 Å². The molecule has 77 heavy (non-hydrogen) atoms. The quantitative estimate of drug-likeness (QED) is 0.0674. The number of likely N-dealkylation sites (tertiary alicyclic amines) is 2. The van der Waals surface area contributed by atoms with Gasteiger partial charge in [-0.15, -0.1) is 11.8 Å². The van der Waals surface area contributed by atoms with Crippen molar-refractivity contribution in [3.8, 4) is 11.5 Å². The van der Waals surface area contributed by atoms with Crippen LogP contribution in [0.5, 0.6) is 11.5 Å². The minimum absolute atomic E-state index is 0.0872. The molecule has 2 aromatic rings. The van der Waals surface area contributed by atoms with Gasteiger partial charge in [-0.2, -0.15) is 17.2 Å². The van der Waals surface area contributed by atoms with Crippen LogP contribution in [0.2, 0.25) is 0 Å². The molecule has 22 nitrogen and oxygen atoms in total. The lowest BCUT2D eigenvalue weighted by atomic mass is 9.79. The van der Waals surface area contributed by atoms with Crippen LogP contribution >= 0.6 is 55.7 Å². The summed E-state index contributed by atoms with van der Waals surface area (Å²) in [6, 6.07) is 15.4. The Morgan fingerprint density at radius 2 is 1.13 bits per heavy atom. The molecule has 0 spiro atoms. The highest BCUT2D eigenvalue weighted by atomic mass is 32.2. The Labute approximate surface area is 463 Å². The topological polar surface area (TPSA) is 262 Å². The maximum absolute atomic E-state index is 14.0. The van der Waals surface area contributed by atoms with Crippen LogP contribution < -0.4 is 9.05 Å². The first kappa shape index (κ1) is 57.8. The van der Waals surface area contributed by atoms with E-state index in [9.17, 15) is 43.5 Å². The molecular formula is C50H61N6O16PS4.